The minimum atomic E-state index is -0.603. The summed E-state index contributed by atoms with van der Waals surface area (Å²) in [5.41, 5.74) is 3.88. The number of carbonyl (C=O) groups excluding carboxylic acids is 3. The van der Waals surface area contributed by atoms with Crippen molar-refractivity contribution in [2.24, 2.45) is 11.8 Å². The van der Waals surface area contributed by atoms with Gasteiger partial charge in [-0.2, -0.15) is 5.26 Å². The zero-order chi connectivity index (χ0) is 24.3. The van der Waals surface area contributed by atoms with Gasteiger partial charge in [0.25, 0.3) is 0 Å². The molecule has 5 atom stereocenters. The Morgan fingerprint density at radius 3 is 2.74 bits per heavy atom. The molecule has 1 N–H and O–H groups in total. The largest absolute Gasteiger partial charge is 0.453 e. The number of piperidine rings is 1. The Morgan fingerprint density at radius 1 is 1.31 bits per heavy atom. The van der Waals surface area contributed by atoms with Gasteiger partial charge in [-0.1, -0.05) is 12.1 Å². The molecule has 1 aliphatic carbocycles. The van der Waals surface area contributed by atoms with Crippen LogP contribution in [0, 0.1) is 23.2 Å². The first-order valence-corrected chi connectivity index (χ1v) is 11.5. The summed E-state index contributed by atoms with van der Waals surface area (Å²) in [5, 5.41) is 12.5. The van der Waals surface area contributed by atoms with Crippen LogP contribution in [-0.2, 0) is 26.1 Å². The van der Waals surface area contributed by atoms with Crippen molar-refractivity contribution in [1.82, 2.24) is 15.2 Å². The lowest BCUT2D eigenvalue weighted by atomic mass is 9.95. The zero-order valence-electron chi connectivity index (χ0n) is 19.0. The third-order valence-electron chi connectivity index (χ3n) is 7.87. The Bertz CT molecular complexity index is 1260. The molecule has 178 valence electrons. The number of amides is 3. The third kappa shape index (κ3) is 3.07. The van der Waals surface area contributed by atoms with Gasteiger partial charge in [0.05, 0.1) is 37.1 Å². The summed E-state index contributed by atoms with van der Waals surface area (Å²) in [6.07, 6.45) is 1.79. The Kier molecular flexibility index (Phi) is 4.71. The van der Waals surface area contributed by atoms with E-state index in [9.17, 15) is 19.6 Å². The molecule has 10 nitrogen and oxygen atoms in total. The molecule has 0 radical (unpaired) electrons. The summed E-state index contributed by atoms with van der Waals surface area (Å²) in [7, 11) is 1.29. The molecule has 1 unspecified atom stereocenters. The summed E-state index contributed by atoms with van der Waals surface area (Å²) in [6.45, 7) is 1.39. The molecule has 3 fully saturated rings. The van der Waals surface area contributed by atoms with Gasteiger partial charge in [0.2, 0.25) is 6.41 Å². The van der Waals surface area contributed by atoms with Crippen LogP contribution in [0.3, 0.4) is 0 Å². The van der Waals surface area contributed by atoms with Crippen molar-refractivity contribution in [1.29, 1.82) is 5.26 Å². The first-order valence-electron chi connectivity index (χ1n) is 11.5. The van der Waals surface area contributed by atoms with Crippen molar-refractivity contribution in [3.8, 4) is 17.2 Å². The molecule has 1 aromatic heterocycles. The predicted octanol–water partition coefficient (Wildman–Crippen LogP) is 1.83. The summed E-state index contributed by atoms with van der Waals surface area (Å²) in [5.74, 6) is 0.289. The fraction of sp³-hybridized carbons (Fsp3) is 0.400. The van der Waals surface area contributed by atoms with E-state index in [1.165, 1.54) is 7.11 Å². The van der Waals surface area contributed by atoms with E-state index in [0.29, 0.717) is 19.5 Å². The lowest BCUT2D eigenvalue weighted by Gasteiger charge is -2.18. The number of carbonyl (C=O) groups is 3. The molecule has 10 heteroatoms. The molecular formula is C25H23N5O5. The smallest absolute Gasteiger partial charge is 0.415 e. The summed E-state index contributed by atoms with van der Waals surface area (Å²) < 4.78 is 10.1. The molecule has 2 aromatic rings. The maximum Gasteiger partial charge on any atom is 0.415 e. The number of nitrogens with one attached hydrogen (secondary N) is 1. The van der Waals surface area contributed by atoms with Crippen molar-refractivity contribution < 1.29 is 23.9 Å². The van der Waals surface area contributed by atoms with Gasteiger partial charge in [-0.15, -0.1) is 0 Å². The van der Waals surface area contributed by atoms with E-state index in [2.05, 4.69) is 27.2 Å². The fourth-order valence-corrected chi connectivity index (χ4v) is 6.05. The van der Waals surface area contributed by atoms with Crippen molar-refractivity contribution >= 4 is 24.3 Å². The number of methoxy groups -OCH3 is 1. The second-order valence-electron chi connectivity index (χ2n) is 9.46. The second-order valence-corrected chi connectivity index (χ2v) is 9.46. The van der Waals surface area contributed by atoms with Gasteiger partial charge >= 0.3 is 12.2 Å². The highest BCUT2D eigenvalue weighted by Gasteiger charge is 2.70. The number of nitrogens with zero attached hydrogens (tertiary/aromatic N) is 4. The molecule has 6 rings (SSSR count). The predicted molar refractivity (Wildman–Crippen MR) is 122 cm³/mol. The number of hydrogen-bond acceptors (Lipinski definition) is 7. The van der Waals surface area contributed by atoms with Crippen molar-refractivity contribution in [3.05, 3.63) is 47.8 Å². The molecule has 35 heavy (non-hydrogen) atoms. The van der Waals surface area contributed by atoms with Gasteiger partial charge in [0, 0.05) is 36.7 Å². The Hall–Kier alpha value is -4.13. The lowest BCUT2D eigenvalue weighted by molar-refractivity contribution is -0.117. The SMILES string of the molecule is COC(=O)NC[C@@H]1OC(=O)N2c3ccc(-c4ccc(C5(C#N)[C@@H]6CN(C=O)C[C@@H]65)nc4)cc3C[C@@H]12. The second kappa shape index (κ2) is 7.70. The number of fused-ring (bicyclic) bond motifs is 4. The number of likely N-dealkylation sites (tertiary alicyclic amines) is 1. The highest BCUT2D eigenvalue weighted by molar-refractivity contribution is 5.94. The van der Waals surface area contributed by atoms with Gasteiger partial charge < -0.3 is 19.7 Å². The average molecular weight is 473 g/mol. The van der Waals surface area contributed by atoms with Crippen LogP contribution in [0.2, 0.25) is 0 Å². The minimum absolute atomic E-state index is 0.144. The standard InChI is InChI=1S/C25H23N5O5/c1-34-23(32)28-9-21-20-7-16-6-14(2-4-19(16)30(20)24(33)35-21)15-3-5-22(27-8-15)25(12-26)17-10-29(13-31)11-18(17)25/h2-6,8,13,17-18,20-21H,7,9-11H2,1H3,(H,28,32)/t17-,18+,20-,21-,25?/m0/s1. The molecule has 4 aliphatic rings. The highest BCUT2D eigenvalue weighted by atomic mass is 16.6. The maximum atomic E-state index is 12.5. The monoisotopic (exact) mass is 473 g/mol. The molecular weight excluding hydrogens is 450 g/mol. The van der Waals surface area contributed by atoms with E-state index in [1.807, 2.05) is 24.3 Å². The van der Waals surface area contributed by atoms with Crippen LogP contribution in [0.4, 0.5) is 15.3 Å². The van der Waals surface area contributed by atoms with E-state index in [-0.39, 0.29) is 24.4 Å². The molecule has 2 saturated heterocycles. The van der Waals surface area contributed by atoms with Crippen LogP contribution in [-0.4, -0.2) is 67.4 Å². The number of ether oxygens (including phenoxy) is 2. The summed E-state index contributed by atoms with van der Waals surface area (Å²) in [6, 6.07) is 12.1. The number of rotatable bonds is 5. The van der Waals surface area contributed by atoms with Gasteiger partial charge in [0.15, 0.2) is 0 Å². The van der Waals surface area contributed by atoms with Gasteiger partial charge in [-0.25, -0.2) is 9.59 Å². The van der Waals surface area contributed by atoms with Crippen LogP contribution in [0.25, 0.3) is 11.1 Å². The van der Waals surface area contributed by atoms with Crippen LogP contribution in [0.15, 0.2) is 36.5 Å². The van der Waals surface area contributed by atoms with Crippen molar-refractivity contribution in [2.45, 2.75) is 24.0 Å². The van der Waals surface area contributed by atoms with Gasteiger partial charge in [-0.05, 0) is 35.7 Å². The quantitative estimate of drug-likeness (QED) is 0.657. The molecule has 0 bridgehead atoms. The molecule has 3 aliphatic heterocycles. The van der Waals surface area contributed by atoms with Crippen molar-refractivity contribution in [2.75, 3.05) is 31.6 Å². The first-order chi connectivity index (χ1) is 17.0. The Labute approximate surface area is 201 Å². The Morgan fingerprint density at radius 2 is 2.09 bits per heavy atom. The molecule has 0 spiro atoms. The van der Waals surface area contributed by atoms with E-state index < -0.39 is 23.7 Å². The number of alkyl carbamates (subject to hydrolysis) is 1. The first kappa shape index (κ1) is 21.4. The fourth-order valence-electron chi connectivity index (χ4n) is 6.05. The molecule has 4 heterocycles. The summed E-state index contributed by atoms with van der Waals surface area (Å²) >= 11 is 0. The van der Waals surface area contributed by atoms with Crippen LogP contribution in [0.1, 0.15) is 11.3 Å². The highest BCUT2D eigenvalue weighted by Crippen LogP contribution is 2.62. The maximum absolute atomic E-state index is 12.5. The Balaban J connectivity index is 1.20. The molecule has 1 saturated carbocycles. The van der Waals surface area contributed by atoms with Crippen LogP contribution in [0.5, 0.6) is 0 Å². The third-order valence-corrected chi connectivity index (χ3v) is 7.87. The molecule has 3 amide bonds. The van der Waals surface area contributed by atoms with Crippen molar-refractivity contribution in [3.63, 3.8) is 0 Å². The number of hydrogen-bond donors (Lipinski definition) is 1. The topological polar surface area (TPSA) is 125 Å². The van der Waals surface area contributed by atoms with E-state index in [4.69, 9.17) is 4.74 Å². The zero-order valence-corrected chi connectivity index (χ0v) is 19.0. The summed E-state index contributed by atoms with van der Waals surface area (Å²) in [4.78, 5) is 43.0. The molecule has 1 aromatic carbocycles. The van der Waals surface area contributed by atoms with Gasteiger partial charge in [-0.3, -0.25) is 14.7 Å². The number of aromatic nitrogens is 1. The number of nitriles is 1. The lowest BCUT2D eigenvalue weighted by Crippen LogP contribution is -2.40. The number of benzene rings is 1. The van der Waals surface area contributed by atoms with E-state index in [1.54, 1.807) is 16.0 Å². The number of anilines is 1. The number of pyridine rings is 1. The van der Waals surface area contributed by atoms with E-state index in [0.717, 1.165) is 34.5 Å². The minimum Gasteiger partial charge on any atom is -0.453 e. The normalized spacial score (nSPS) is 29.5. The van der Waals surface area contributed by atoms with Gasteiger partial charge in [0.1, 0.15) is 11.5 Å². The van der Waals surface area contributed by atoms with E-state index >= 15 is 0 Å². The van der Waals surface area contributed by atoms with Crippen LogP contribution >= 0.6 is 0 Å². The van der Waals surface area contributed by atoms with Crippen LogP contribution < -0.4 is 10.2 Å². The number of cyclic esters (lactones) is 1. The average Bonchev–Trinajstić information content (AvgIpc) is 3.25.